The summed E-state index contributed by atoms with van der Waals surface area (Å²) in [6.45, 7) is 0.746. The van der Waals surface area contributed by atoms with Crippen LogP contribution in [-0.4, -0.2) is 27.9 Å². The van der Waals surface area contributed by atoms with Gasteiger partial charge in [0.2, 0.25) is 0 Å². The van der Waals surface area contributed by atoms with Crippen molar-refractivity contribution >= 4 is 11.6 Å². The van der Waals surface area contributed by atoms with Crippen LogP contribution in [-0.2, 0) is 4.74 Å². The molecule has 1 saturated heterocycles. The van der Waals surface area contributed by atoms with Gasteiger partial charge in [0.15, 0.2) is 5.69 Å². The molecule has 0 aromatic carbocycles. The average Bonchev–Trinajstić information content (AvgIpc) is 2.82. The summed E-state index contributed by atoms with van der Waals surface area (Å²) in [5.41, 5.74) is 11.6. The average molecular weight is 278 g/mol. The highest BCUT2D eigenvalue weighted by atomic mass is 16.5. The van der Waals surface area contributed by atoms with Crippen LogP contribution < -0.4 is 11.5 Å². The molecule has 110 valence electrons. The molecule has 2 fully saturated rings. The molecular weight excluding hydrogens is 256 g/mol. The minimum absolute atomic E-state index is 0.00870. The zero-order chi connectivity index (χ0) is 14.2. The van der Waals surface area contributed by atoms with E-state index < -0.39 is 5.91 Å². The molecule has 1 spiro atoms. The monoisotopic (exact) mass is 278 g/mol. The Kier molecular flexibility index (Phi) is 3.41. The van der Waals surface area contributed by atoms with Crippen LogP contribution in [0.25, 0.3) is 0 Å². The Labute approximate surface area is 118 Å². The second-order valence-corrected chi connectivity index (χ2v) is 6.02. The maximum atomic E-state index is 11.3. The summed E-state index contributed by atoms with van der Waals surface area (Å²) in [7, 11) is 0. The van der Waals surface area contributed by atoms with E-state index in [0.29, 0.717) is 5.69 Å². The van der Waals surface area contributed by atoms with Crippen molar-refractivity contribution in [3.63, 3.8) is 0 Å². The number of nitrogen functional groups attached to an aromatic ring is 1. The Balaban J connectivity index is 1.79. The van der Waals surface area contributed by atoms with E-state index in [9.17, 15) is 4.79 Å². The second kappa shape index (κ2) is 5.09. The lowest BCUT2D eigenvalue weighted by atomic mass is 9.78. The van der Waals surface area contributed by atoms with E-state index in [2.05, 4.69) is 5.10 Å². The number of nitrogens with zero attached hydrogens (tertiary/aromatic N) is 2. The minimum atomic E-state index is -0.569. The van der Waals surface area contributed by atoms with E-state index in [-0.39, 0.29) is 17.3 Å². The third-order valence-corrected chi connectivity index (χ3v) is 4.60. The van der Waals surface area contributed by atoms with E-state index in [0.717, 1.165) is 32.3 Å². The Hall–Kier alpha value is -1.56. The molecule has 20 heavy (non-hydrogen) atoms. The molecule has 0 bridgehead atoms. The molecule has 6 heteroatoms. The van der Waals surface area contributed by atoms with Gasteiger partial charge >= 0.3 is 0 Å². The highest BCUT2D eigenvalue weighted by Crippen LogP contribution is 2.42. The van der Waals surface area contributed by atoms with Crippen molar-refractivity contribution in [2.75, 3.05) is 12.3 Å². The van der Waals surface area contributed by atoms with Crippen molar-refractivity contribution in [2.24, 2.45) is 5.73 Å². The zero-order valence-electron chi connectivity index (χ0n) is 11.7. The number of primary amides is 1. The topological polar surface area (TPSA) is 96.2 Å². The number of amides is 1. The Morgan fingerprint density at radius 2 is 2.15 bits per heavy atom. The molecule has 1 saturated carbocycles. The molecule has 1 aromatic rings. The summed E-state index contributed by atoms with van der Waals surface area (Å²) in [6.07, 6.45) is 9.61. The standard InChI is InChI=1S/C14H22N4O2/c15-11-9-18(17-12(11)13(16)19)10-4-7-20-14(8-10)5-2-1-3-6-14/h9-10H,1-8,15H2,(H2,16,19). The molecule has 1 aliphatic heterocycles. The van der Waals surface area contributed by atoms with Gasteiger partial charge in [-0.25, -0.2) is 0 Å². The highest BCUT2D eigenvalue weighted by molar-refractivity contribution is 5.95. The first kappa shape index (κ1) is 13.4. The van der Waals surface area contributed by atoms with Crippen molar-refractivity contribution in [1.82, 2.24) is 9.78 Å². The second-order valence-electron chi connectivity index (χ2n) is 6.02. The molecule has 1 amide bonds. The highest BCUT2D eigenvalue weighted by Gasteiger charge is 2.39. The van der Waals surface area contributed by atoms with Crippen molar-refractivity contribution in [3.8, 4) is 0 Å². The van der Waals surface area contributed by atoms with Crippen LogP contribution in [0.5, 0.6) is 0 Å². The molecule has 1 aliphatic carbocycles. The molecule has 2 heterocycles. The molecule has 3 rings (SSSR count). The fourth-order valence-corrected chi connectivity index (χ4v) is 3.56. The van der Waals surface area contributed by atoms with E-state index in [1.54, 1.807) is 6.20 Å². The molecule has 6 nitrogen and oxygen atoms in total. The van der Waals surface area contributed by atoms with Crippen LogP contribution in [0.1, 0.15) is 61.5 Å². The number of rotatable bonds is 2. The fraction of sp³-hybridized carbons (Fsp3) is 0.714. The SMILES string of the molecule is NC(=O)c1nn(C2CCOC3(CCCCC3)C2)cc1N. The first-order valence-electron chi connectivity index (χ1n) is 7.38. The maximum Gasteiger partial charge on any atom is 0.271 e. The first-order valence-corrected chi connectivity index (χ1v) is 7.38. The van der Waals surface area contributed by atoms with Gasteiger partial charge in [0.25, 0.3) is 5.91 Å². The number of anilines is 1. The summed E-state index contributed by atoms with van der Waals surface area (Å²) < 4.78 is 7.89. The molecular formula is C14H22N4O2. The smallest absolute Gasteiger partial charge is 0.271 e. The van der Waals surface area contributed by atoms with Gasteiger partial charge in [-0.05, 0) is 25.7 Å². The summed E-state index contributed by atoms with van der Waals surface area (Å²) in [5.74, 6) is -0.569. The van der Waals surface area contributed by atoms with E-state index in [1.165, 1.54) is 19.3 Å². The van der Waals surface area contributed by atoms with Crippen LogP contribution in [0.3, 0.4) is 0 Å². The number of hydrogen-bond acceptors (Lipinski definition) is 4. The lowest BCUT2D eigenvalue weighted by Crippen LogP contribution is -2.42. The van der Waals surface area contributed by atoms with E-state index in [1.807, 2.05) is 4.68 Å². The third kappa shape index (κ3) is 2.40. The Morgan fingerprint density at radius 1 is 1.40 bits per heavy atom. The van der Waals surface area contributed by atoms with Crippen LogP contribution in [0, 0.1) is 0 Å². The molecule has 1 unspecified atom stereocenters. The van der Waals surface area contributed by atoms with Gasteiger partial charge in [-0.2, -0.15) is 5.10 Å². The lowest BCUT2D eigenvalue weighted by Gasteiger charge is -2.43. The van der Waals surface area contributed by atoms with E-state index >= 15 is 0 Å². The van der Waals surface area contributed by atoms with Gasteiger partial charge in [0, 0.05) is 12.8 Å². The van der Waals surface area contributed by atoms with Gasteiger partial charge in [-0.15, -0.1) is 0 Å². The Bertz CT molecular complexity index is 500. The summed E-state index contributed by atoms with van der Waals surface area (Å²) in [5, 5.41) is 4.27. The lowest BCUT2D eigenvalue weighted by molar-refractivity contribution is -0.115. The van der Waals surface area contributed by atoms with Crippen molar-refractivity contribution in [3.05, 3.63) is 11.9 Å². The largest absolute Gasteiger partial charge is 0.396 e. The third-order valence-electron chi connectivity index (χ3n) is 4.60. The number of aromatic nitrogens is 2. The molecule has 1 aromatic heterocycles. The van der Waals surface area contributed by atoms with Gasteiger partial charge < -0.3 is 16.2 Å². The van der Waals surface area contributed by atoms with Crippen LogP contribution in [0.15, 0.2) is 6.20 Å². The van der Waals surface area contributed by atoms with Gasteiger partial charge in [0.1, 0.15) is 0 Å². The number of carbonyl (C=O) groups excluding carboxylic acids is 1. The van der Waals surface area contributed by atoms with Crippen molar-refractivity contribution in [2.45, 2.75) is 56.6 Å². The summed E-state index contributed by atoms with van der Waals surface area (Å²) in [4.78, 5) is 11.3. The predicted octanol–water partition coefficient (Wildman–Crippen LogP) is 1.62. The van der Waals surface area contributed by atoms with E-state index in [4.69, 9.17) is 16.2 Å². The van der Waals surface area contributed by atoms with Crippen molar-refractivity contribution in [1.29, 1.82) is 0 Å². The molecule has 4 N–H and O–H groups in total. The van der Waals surface area contributed by atoms with Crippen LogP contribution >= 0.6 is 0 Å². The molecule has 2 aliphatic rings. The van der Waals surface area contributed by atoms with Gasteiger partial charge in [-0.3, -0.25) is 9.48 Å². The fourth-order valence-electron chi connectivity index (χ4n) is 3.56. The first-order chi connectivity index (χ1) is 9.60. The number of nitrogens with two attached hydrogens (primary N) is 2. The van der Waals surface area contributed by atoms with Crippen LogP contribution in [0.4, 0.5) is 5.69 Å². The van der Waals surface area contributed by atoms with Crippen LogP contribution in [0.2, 0.25) is 0 Å². The minimum Gasteiger partial charge on any atom is -0.396 e. The zero-order valence-corrected chi connectivity index (χ0v) is 11.7. The summed E-state index contributed by atoms with van der Waals surface area (Å²) >= 11 is 0. The maximum absolute atomic E-state index is 11.3. The molecule has 0 radical (unpaired) electrons. The number of carbonyl (C=O) groups is 1. The number of hydrogen-bond donors (Lipinski definition) is 2. The van der Waals surface area contributed by atoms with Gasteiger partial charge in [-0.1, -0.05) is 19.3 Å². The predicted molar refractivity (Wildman–Crippen MR) is 75.2 cm³/mol. The van der Waals surface area contributed by atoms with Crippen molar-refractivity contribution < 1.29 is 9.53 Å². The molecule has 1 atom stereocenters. The summed E-state index contributed by atoms with van der Waals surface area (Å²) in [6, 6.07) is 0.247. The quantitative estimate of drug-likeness (QED) is 0.859. The number of ether oxygens (including phenoxy) is 1. The Morgan fingerprint density at radius 3 is 2.80 bits per heavy atom. The van der Waals surface area contributed by atoms with Gasteiger partial charge in [0.05, 0.1) is 17.3 Å². The normalized spacial score (nSPS) is 25.7.